The van der Waals surface area contributed by atoms with Gasteiger partial charge in [0.1, 0.15) is 11.5 Å². The molecule has 0 saturated heterocycles. The molecule has 3 aromatic rings. The van der Waals surface area contributed by atoms with E-state index < -0.39 is 0 Å². The van der Waals surface area contributed by atoms with Crippen LogP contribution in [0.2, 0.25) is 0 Å². The Kier molecular flexibility index (Phi) is 7.35. The van der Waals surface area contributed by atoms with Crippen molar-refractivity contribution < 1.29 is 13.9 Å². The maximum absolute atomic E-state index is 12.2. The third kappa shape index (κ3) is 5.87. The van der Waals surface area contributed by atoms with Crippen molar-refractivity contribution in [1.29, 1.82) is 0 Å². The zero-order valence-electron chi connectivity index (χ0n) is 16.9. The van der Waals surface area contributed by atoms with Crippen LogP contribution in [-0.2, 0) is 11.3 Å². The van der Waals surface area contributed by atoms with Gasteiger partial charge in [-0.2, -0.15) is 0 Å². The van der Waals surface area contributed by atoms with E-state index >= 15 is 0 Å². The van der Waals surface area contributed by atoms with Gasteiger partial charge in [-0.05, 0) is 36.6 Å². The molecule has 8 heteroatoms. The van der Waals surface area contributed by atoms with Crippen LogP contribution >= 0.6 is 11.8 Å². The molecule has 0 unspecified atom stereocenters. The Balaban J connectivity index is 1.77. The van der Waals surface area contributed by atoms with Crippen molar-refractivity contribution in [3.63, 3.8) is 0 Å². The van der Waals surface area contributed by atoms with Crippen LogP contribution in [0.3, 0.4) is 0 Å². The molecule has 0 bridgehead atoms. The summed E-state index contributed by atoms with van der Waals surface area (Å²) in [6, 6.07) is 11.4. The number of rotatable bonds is 10. The molecule has 2 aromatic heterocycles. The van der Waals surface area contributed by atoms with Crippen molar-refractivity contribution in [2.75, 3.05) is 19.4 Å². The Morgan fingerprint density at radius 3 is 2.86 bits per heavy atom. The zero-order chi connectivity index (χ0) is 20.6. The number of hydrogen-bond acceptors (Lipinski definition) is 6. The fourth-order valence-electron chi connectivity index (χ4n) is 2.75. The summed E-state index contributed by atoms with van der Waals surface area (Å²) in [7, 11) is 1.63. The lowest BCUT2D eigenvalue weighted by Crippen LogP contribution is -2.27. The summed E-state index contributed by atoms with van der Waals surface area (Å²) in [5.74, 6) is 3.07. The van der Waals surface area contributed by atoms with Crippen molar-refractivity contribution in [1.82, 2.24) is 20.1 Å². The van der Waals surface area contributed by atoms with E-state index in [9.17, 15) is 4.79 Å². The molecular weight excluding hydrogens is 388 g/mol. The molecule has 0 aliphatic rings. The number of thioether (sulfide) groups is 1. The van der Waals surface area contributed by atoms with Gasteiger partial charge in [0.2, 0.25) is 5.91 Å². The lowest BCUT2D eigenvalue weighted by Gasteiger charge is -2.10. The molecule has 0 fully saturated rings. The molecule has 29 heavy (non-hydrogen) atoms. The number of benzene rings is 1. The normalized spacial score (nSPS) is 11.0. The Morgan fingerprint density at radius 1 is 1.28 bits per heavy atom. The van der Waals surface area contributed by atoms with Crippen LogP contribution in [0.15, 0.2) is 52.2 Å². The highest BCUT2D eigenvalue weighted by molar-refractivity contribution is 7.99. The Hall–Kier alpha value is -2.74. The minimum Gasteiger partial charge on any atom is -0.497 e. The van der Waals surface area contributed by atoms with Crippen molar-refractivity contribution in [3.8, 4) is 17.1 Å². The first-order valence-corrected chi connectivity index (χ1v) is 10.5. The predicted molar refractivity (Wildman–Crippen MR) is 113 cm³/mol. The summed E-state index contributed by atoms with van der Waals surface area (Å²) in [5, 5.41) is 12.3. The summed E-state index contributed by atoms with van der Waals surface area (Å²) in [4.78, 5) is 12.2. The highest BCUT2D eigenvalue weighted by Gasteiger charge is 2.17. The lowest BCUT2D eigenvalue weighted by atomic mass is 10.1. The van der Waals surface area contributed by atoms with Gasteiger partial charge in [0.15, 0.2) is 11.0 Å². The summed E-state index contributed by atoms with van der Waals surface area (Å²) >= 11 is 1.37. The number of methoxy groups -OCH3 is 1. The number of furan rings is 1. The van der Waals surface area contributed by atoms with E-state index in [0.29, 0.717) is 30.0 Å². The molecule has 0 aliphatic carbocycles. The Morgan fingerprint density at radius 2 is 2.14 bits per heavy atom. The number of nitrogens with zero attached hydrogens (tertiary/aromatic N) is 3. The highest BCUT2D eigenvalue weighted by Crippen LogP contribution is 2.27. The fraction of sp³-hybridized carbons (Fsp3) is 0.381. The summed E-state index contributed by atoms with van der Waals surface area (Å²) in [6.45, 7) is 5.44. The van der Waals surface area contributed by atoms with Gasteiger partial charge in [0, 0.05) is 12.1 Å². The van der Waals surface area contributed by atoms with E-state index in [0.717, 1.165) is 23.5 Å². The largest absolute Gasteiger partial charge is 0.497 e. The number of carbonyl (C=O) groups is 1. The molecule has 0 spiro atoms. The van der Waals surface area contributed by atoms with Crippen molar-refractivity contribution in [2.45, 2.75) is 32.0 Å². The van der Waals surface area contributed by atoms with Gasteiger partial charge in [-0.3, -0.25) is 9.36 Å². The lowest BCUT2D eigenvalue weighted by molar-refractivity contribution is -0.118. The Labute approximate surface area is 174 Å². The third-order valence-electron chi connectivity index (χ3n) is 4.32. The average molecular weight is 415 g/mol. The summed E-state index contributed by atoms with van der Waals surface area (Å²) in [6.07, 6.45) is 2.60. The molecular formula is C21H26N4O3S. The molecule has 7 nitrogen and oxygen atoms in total. The summed E-state index contributed by atoms with van der Waals surface area (Å²) in [5.41, 5.74) is 0.886. The maximum Gasteiger partial charge on any atom is 0.230 e. The van der Waals surface area contributed by atoms with Gasteiger partial charge >= 0.3 is 0 Å². The van der Waals surface area contributed by atoms with Crippen molar-refractivity contribution in [2.24, 2.45) is 5.92 Å². The van der Waals surface area contributed by atoms with E-state index in [2.05, 4.69) is 29.4 Å². The second-order valence-electron chi connectivity index (χ2n) is 7.02. The van der Waals surface area contributed by atoms with Crippen LogP contribution in [0.25, 0.3) is 11.4 Å². The number of nitrogens with one attached hydrogen (secondary N) is 1. The average Bonchev–Trinajstić information content (AvgIpc) is 3.36. The molecule has 0 saturated carbocycles. The van der Waals surface area contributed by atoms with Gasteiger partial charge in [0.25, 0.3) is 0 Å². The van der Waals surface area contributed by atoms with Crippen LogP contribution in [0, 0.1) is 5.92 Å². The molecule has 0 radical (unpaired) electrons. The standard InChI is InChI=1S/C21H26N4O3S/c1-15(2)9-10-22-19(26)14-29-21-24-23-20(16-6-4-7-17(12-16)27-3)25(21)13-18-8-5-11-28-18/h4-8,11-12,15H,9-10,13-14H2,1-3H3,(H,22,26). The molecule has 0 aliphatic heterocycles. The van der Waals surface area contributed by atoms with Crippen LogP contribution in [0.5, 0.6) is 5.75 Å². The first-order chi connectivity index (χ1) is 14.1. The monoisotopic (exact) mass is 414 g/mol. The smallest absolute Gasteiger partial charge is 0.230 e. The first kappa shape index (κ1) is 21.0. The van der Waals surface area contributed by atoms with Crippen LogP contribution in [-0.4, -0.2) is 40.1 Å². The van der Waals surface area contributed by atoms with E-state index in [1.54, 1.807) is 13.4 Å². The van der Waals surface area contributed by atoms with Crippen molar-refractivity contribution >= 4 is 17.7 Å². The van der Waals surface area contributed by atoms with Crippen molar-refractivity contribution in [3.05, 3.63) is 48.4 Å². The second kappa shape index (κ2) is 10.2. The molecule has 154 valence electrons. The number of ether oxygens (including phenoxy) is 1. The van der Waals surface area contributed by atoms with Gasteiger partial charge in [-0.1, -0.05) is 37.7 Å². The van der Waals surface area contributed by atoms with Crippen LogP contribution < -0.4 is 10.1 Å². The second-order valence-corrected chi connectivity index (χ2v) is 7.97. The molecule has 0 atom stereocenters. The van der Waals surface area contributed by atoms with Gasteiger partial charge in [0.05, 0.1) is 25.7 Å². The van der Waals surface area contributed by atoms with E-state index in [1.807, 2.05) is 41.0 Å². The van der Waals surface area contributed by atoms with E-state index in [1.165, 1.54) is 11.8 Å². The van der Waals surface area contributed by atoms with Gasteiger partial charge in [-0.15, -0.1) is 10.2 Å². The third-order valence-corrected chi connectivity index (χ3v) is 5.28. The van der Waals surface area contributed by atoms with Gasteiger partial charge < -0.3 is 14.5 Å². The number of carbonyl (C=O) groups excluding carboxylic acids is 1. The molecule has 1 N–H and O–H groups in total. The van der Waals surface area contributed by atoms with E-state index in [-0.39, 0.29) is 11.7 Å². The number of hydrogen-bond donors (Lipinski definition) is 1. The first-order valence-electron chi connectivity index (χ1n) is 9.56. The summed E-state index contributed by atoms with van der Waals surface area (Å²) < 4.78 is 12.8. The minimum absolute atomic E-state index is 0.00821. The molecule has 2 heterocycles. The predicted octanol–water partition coefficient (Wildman–Crippen LogP) is 3.85. The highest BCUT2D eigenvalue weighted by atomic mass is 32.2. The molecule has 3 rings (SSSR count). The Bertz CT molecular complexity index is 922. The van der Waals surface area contributed by atoms with Gasteiger partial charge in [-0.25, -0.2) is 0 Å². The van der Waals surface area contributed by atoms with Crippen LogP contribution in [0.4, 0.5) is 0 Å². The van der Waals surface area contributed by atoms with E-state index in [4.69, 9.17) is 9.15 Å². The fourth-order valence-corrected chi connectivity index (χ4v) is 3.52. The molecule has 1 amide bonds. The number of amides is 1. The maximum atomic E-state index is 12.2. The quantitative estimate of drug-likeness (QED) is 0.508. The van der Waals surface area contributed by atoms with Crippen LogP contribution in [0.1, 0.15) is 26.0 Å². The zero-order valence-corrected chi connectivity index (χ0v) is 17.7. The topological polar surface area (TPSA) is 82.2 Å². The SMILES string of the molecule is COc1cccc(-c2nnc(SCC(=O)NCCC(C)C)n2Cc2ccco2)c1. The minimum atomic E-state index is -0.00821. The molecule has 1 aromatic carbocycles. The number of aromatic nitrogens is 3.